The zero-order valence-electron chi connectivity index (χ0n) is 10.0. The molecule has 2 unspecified atom stereocenters. The number of imide groups is 1. The van der Waals surface area contributed by atoms with E-state index in [0.29, 0.717) is 13.1 Å². The molecule has 4 N–H and O–H groups in total. The van der Waals surface area contributed by atoms with E-state index in [9.17, 15) is 9.59 Å². The number of urea groups is 1. The molecule has 0 heterocycles. The smallest absolute Gasteiger partial charge is 0.321 e. The molecule has 0 aliphatic heterocycles. The van der Waals surface area contributed by atoms with E-state index in [1.807, 2.05) is 6.92 Å². The molecule has 0 aromatic carbocycles. The molecule has 0 saturated carbocycles. The molecule has 0 rings (SSSR count). The maximum absolute atomic E-state index is 11.4. The Bertz CT molecular complexity index is 233. The number of carbonyl (C=O) groups is 2. The molecule has 0 fully saturated rings. The van der Waals surface area contributed by atoms with Crippen molar-refractivity contribution >= 4 is 11.9 Å². The van der Waals surface area contributed by atoms with Gasteiger partial charge in [-0.2, -0.15) is 0 Å². The number of hydrogen-bond donors (Lipinski definition) is 4. The van der Waals surface area contributed by atoms with Crippen molar-refractivity contribution in [3.63, 3.8) is 0 Å². The largest absolute Gasteiger partial charge is 0.396 e. The van der Waals surface area contributed by atoms with Crippen LogP contribution >= 0.6 is 0 Å². The first kappa shape index (κ1) is 14.9. The molecule has 3 amide bonds. The maximum Gasteiger partial charge on any atom is 0.321 e. The lowest BCUT2D eigenvalue weighted by molar-refractivity contribution is -0.121. The Labute approximate surface area is 95.8 Å². The van der Waals surface area contributed by atoms with Gasteiger partial charge in [-0.25, -0.2) is 4.79 Å². The van der Waals surface area contributed by atoms with Crippen LogP contribution in [0.3, 0.4) is 0 Å². The molecule has 0 aromatic heterocycles. The van der Waals surface area contributed by atoms with E-state index in [2.05, 4.69) is 16.0 Å². The van der Waals surface area contributed by atoms with Gasteiger partial charge in [0.1, 0.15) is 0 Å². The van der Waals surface area contributed by atoms with Crippen molar-refractivity contribution < 1.29 is 14.7 Å². The normalized spacial score (nSPS) is 14.0. The predicted octanol–water partition coefficient (Wildman–Crippen LogP) is -0.561. The van der Waals surface area contributed by atoms with Gasteiger partial charge in [0.2, 0.25) is 5.91 Å². The Morgan fingerprint density at radius 1 is 1.31 bits per heavy atom. The number of nitrogens with one attached hydrogen (secondary N) is 3. The van der Waals surface area contributed by atoms with Gasteiger partial charge in [-0.05, 0) is 19.8 Å². The van der Waals surface area contributed by atoms with Gasteiger partial charge in [-0.1, -0.05) is 6.92 Å². The van der Waals surface area contributed by atoms with Crippen molar-refractivity contribution in [2.45, 2.75) is 26.8 Å². The van der Waals surface area contributed by atoms with Gasteiger partial charge in [-0.3, -0.25) is 10.1 Å². The van der Waals surface area contributed by atoms with Gasteiger partial charge in [-0.15, -0.1) is 0 Å². The Hall–Kier alpha value is -1.14. The number of hydrogen-bond acceptors (Lipinski definition) is 4. The molecule has 0 bridgehead atoms. The summed E-state index contributed by atoms with van der Waals surface area (Å²) in [4.78, 5) is 22.5. The molecule has 0 spiro atoms. The summed E-state index contributed by atoms with van der Waals surface area (Å²) in [7, 11) is 0. The standard InChI is InChI=1S/C10H21N3O3/c1-4-11-10(16)13-9(15)8(3)12-5-7(2)6-14/h7-8,12,14H,4-6H2,1-3H3,(H2,11,13,15,16). The molecule has 2 atom stereocenters. The van der Waals surface area contributed by atoms with Crippen LogP contribution in [0, 0.1) is 5.92 Å². The third-order valence-corrected chi connectivity index (χ3v) is 2.05. The molecule has 6 heteroatoms. The Morgan fingerprint density at radius 2 is 1.94 bits per heavy atom. The molecular formula is C10H21N3O3. The van der Waals surface area contributed by atoms with E-state index in [0.717, 1.165) is 0 Å². The van der Waals surface area contributed by atoms with E-state index < -0.39 is 12.1 Å². The van der Waals surface area contributed by atoms with Crippen molar-refractivity contribution in [3.8, 4) is 0 Å². The van der Waals surface area contributed by atoms with Crippen LogP contribution in [0.4, 0.5) is 4.79 Å². The zero-order chi connectivity index (χ0) is 12.6. The van der Waals surface area contributed by atoms with Crippen LogP contribution in [-0.4, -0.2) is 42.8 Å². The number of carbonyl (C=O) groups excluding carboxylic acids is 2. The molecule has 16 heavy (non-hydrogen) atoms. The number of amides is 3. The van der Waals surface area contributed by atoms with E-state index in [4.69, 9.17) is 5.11 Å². The van der Waals surface area contributed by atoms with E-state index in [1.165, 1.54) is 0 Å². The number of rotatable bonds is 6. The monoisotopic (exact) mass is 231 g/mol. The third kappa shape index (κ3) is 6.36. The SMILES string of the molecule is CCNC(=O)NC(=O)C(C)NCC(C)CO. The summed E-state index contributed by atoms with van der Waals surface area (Å²) in [6, 6.07) is -0.951. The lowest BCUT2D eigenvalue weighted by atomic mass is 10.2. The highest BCUT2D eigenvalue weighted by molar-refractivity contribution is 5.96. The molecule has 6 nitrogen and oxygen atoms in total. The van der Waals surface area contributed by atoms with Gasteiger partial charge in [0.05, 0.1) is 6.04 Å². The summed E-state index contributed by atoms with van der Waals surface area (Å²) >= 11 is 0. The molecule has 0 aromatic rings. The van der Waals surface area contributed by atoms with Gasteiger partial charge in [0.15, 0.2) is 0 Å². The summed E-state index contributed by atoms with van der Waals surface area (Å²) in [6.45, 7) is 6.37. The summed E-state index contributed by atoms with van der Waals surface area (Å²) in [5, 5.41) is 16.4. The lowest BCUT2D eigenvalue weighted by Crippen LogP contribution is -2.48. The zero-order valence-corrected chi connectivity index (χ0v) is 10.0. The fraction of sp³-hybridized carbons (Fsp3) is 0.800. The van der Waals surface area contributed by atoms with Crippen molar-refractivity contribution in [1.82, 2.24) is 16.0 Å². The van der Waals surface area contributed by atoms with E-state index in [1.54, 1.807) is 13.8 Å². The molecule has 0 radical (unpaired) electrons. The molecule has 0 aliphatic rings. The summed E-state index contributed by atoms with van der Waals surface area (Å²) < 4.78 is 0. The fourth-order valence-electron chi connectivity index (χ4n) is 0.960. The van der Waals surface area contributed by atoms with Crippen LogP contribution < -0.4 is 16.0 Å². The van der Waals surface area contributed by atoms with E-state index in [-0.39, 0.29) is 18.4 Å². The Balaban J connectivity index is 3.85. The molecule has 0 aliphatic carbocycles. The second-order valence-electron chi connectivity index (χ2n) is 3.77. The number of aliphatic hydroxyl groups excluding tert-OH is 1. The minimum atomic E-state index is -0.489. The quantitative estimate of drug-likeness (QED) is 0.493. The van der Waals surface area contributed by atoms with Crippen LogP contribution in [0.25, 0.3) is 0 Å². The first-order chi connectivity index (χ1) is 7.51. The molecule has 94 valence electrons. The van der Waals surface area contributed by atoms with Crippen LogP contribution in [0.1, 0.15) is 20.8 Å². The molecule has 0 saturated heterocycles. The summed E-state index contributed by atoms with van der Waals surface area (Å²) in [5.41, 5.74) is 0. The predicted molar refractivity (Wildman–Crippen MR) is 60.9 cm³/mol. The van der Waals surface area contributed by atoms with Gasteiger partial charge >= 0.3 is 6.03 Å². The van der Waals surface area contributed by atoms with Gasteiger partial charge in [0, 0.05) is 19.7 Å². The van der Waals surface area contributed by atoms with Crippen LogP contribution in [-0.2, 0) is 4.79 Å². The first-order valence-electron chi connectivity index (χ1n) is 5.44. The highest BCUT2D eigenvalue weighted by Gasteiger charge is 2.15. The fourth-order valence-corrected chi connectivity index (χ4v) is 0.960. The van der Waals surface area contributed by atoms with Crippen LogP contribution in [0.2, 0.25) is 0 Å². The highest BCUT2D eigenvalue weighted by atomic mass is 16.3. The minimum Gasteiger partial charge on any atom is -0.396 e. The summed E-state index contributed by atoms with van der Waals surface area (Å²) in [5.74, 6) is -0.296. The Morgan fingerprint density at radius 3 is 2.44 bits per heavy atom. The topological polar surface area (TPSA) is 90.5 Å². The van der Waals surface area contributed by atoms with Gasteiger partial charge < -0.3 is 15.7 Å². The lowest BCUT2D eigenvalue weighted by Gasteiger charge is -2.15. The Kier molecular flexibility index (Phi) is 7.49. The second-order valence-corrected chi connectivity index (χ2v) is 3.77. The maximum atomic E-state index is 11.4. The second kappa shape index (κ2) is 8.06. The van der Waals surface area contributed by atoms with Crippen molar-refractivity contribution in [2.75, 3.05) is 19.7 Å². The molecular weight excluding hydrogens is 210 g/mol. The number of aliphatic hydroxyl groups is 1. The first-order valence-corrected chi connectivity index (χ1v) is 5.44. The van der Waals surface area contributed by atoms with Crippen molar-refractivity contribution in [3.05, 3.63) is 0 Å². The minimum absolute atomic E-state index is 0.0671. The van der Waals surface area contributed by atoms with Crippen molar-refractivity contribution in [2.24, 2.45) is 5.92 Å². The van der Waals surface area contributed by atoms with Gasteiger partial charge in [0.25, 0.3) is 0 Å². The van der Waals surface area contributed by atoms with Crippen molar-refractivity contribution in [1.29, 1.82) is 0 Å². The highest BCUT2D eigenvalue weighted by Crippen LogP contribution is 1.91. The average Bonchev–Trinajstić information content (AvgIpc) is 2.25. The third-order valence-electron chi connectivity index (χ3n) is 2.05. The average molecular weight is 231 g/mol. The van der Waals surface area contributed by atoms with Crippen LogP contribution in [0.5, 0.6) is 0 Å². The van der Waals surface area contributed by atoms with Crippen LogP contribution in [0.15, 0.2) is 0 Å². The summed E-state index contributed by atoms with van der Waals surface area (Å²) in [6.07, 6.45) is 0. The van der Waals surface area contributed by atoms with E-state index >= 15 is 0 Å².